The van der Waals surface area contributed by atoms with E-state index >= 15 is 4.39 Å². The van der Waals surface area contributed by atoms with E-state index in [1.807, 2.05) is 31.7 Å². The molecular formula is C45H72FNO11. The van der Waals surface area contributed by atoms with Crippen LogP contribution in [-0.4, -0.2) is 126 Å². The van der Waals surface area contributed by atoms with Gasteiger partial charge in [-0.2, -0.15) is 0 Å². The molecule has 2 saturated carbocycles. The Balaban J connectivity index is 1.31. The Bertz CT molecular complexity index is 1600. The number of halogens is 1. The Morgan fingerprint density at radius 2 is 1.64 bits per heavy atom. The van der Waals surface area contributed by atoms with Crippen LogP contribution in [0.1, 0.15) is 114 Å². The second kappa shape index (κ2) is 16.9. The fraction of sp³-hybridized carbons (Fsp3) is 0.844. The van der Waals surface area contributed by atoms with E-state index in [1.165, 1.54) is 26.8 Å². The lowest BCUT2D eigenvalue weighted by Crippen LogP contribution is -2.66. The summed E-state index contributed by atoms with van der Waals surface area (Å²) >= 11 is 0. The Kier molecular flexibility index (Phi) is 13.6. The number of nitrogens with zero attached hydrogens (tertiary/aromatic N) is 1. The van der Waals surface area contributed by atoms with E-state index < -0.39 is 99.9 Å². The maximum Gasteiger partial charge on any atom is 0.311 e. The fourth-order valence-corrected chi connectivity index (χ4v) is 12.4. The normalized spacial score (nSPS) is 49.4. The molecular weight excluding hydrogens is 749 g/mol. The van der Waals surface area contributed by atoms with Gasteiger partial charge in [-0.1, -0.05) is 52.3 Å². The van der Waals surface area contributed by atoms with E-state index in [2.05, 4.69) is 0 Å². The van der Waals surface area contributed by atoms with Gasteiger partial charge in [0.1, 0.15) is 17.8 Å². The monoisotopic (exact) mass is 822 g/mol. The maximum absolute atomic E-state index is 17.6. The molecule has 5 rings (SSSR count). The summed E-state index contributed by atoms with van der Waals surface area (Å²) in [6.07, 6.45) is 0.256. The molecule has 0 spiro atoms. The Hall–Kier alpha value is -2.26. The van der Waals surface area contributed by atoms with Crippen LogP contribution in [-0.2, 0) is 23.9 Å². The summed E-state index contributed by atoms with van der Waals surface area (Å²) in [6.45, 7) is 17.7. The highest BCUT2D eigenvalue weighted by Crippen LogP contribution is 2.69. The average Bonchev–Trinajstić information content (AvgIpc) is 3.41. The third kappa shape index (κ3) is 7.99. The standard InChI is InChI=1S/C45H72FNO11/c1-11-34-44(10,56)38(52)28(6)47(23-24(2)21-43(9,55)37(51)26(4)36(50)27(5)39(53)58-34)17-12-18-57-40(54)35-25(3)19-32-31-14-13-29-20-30(48)15-16-42(29,8)45(31,46)33(49)22-41(32,35)7/h13,15-16,24-28,31-38,49-52,55-56H,11-12,14,17-23H2,1-10H3/t24-,25-,26+,27-,28-,31?,32?,33+,34-,35-,36+,37-,38-,41+,42+,43-,44-,45+/m1/s1. The summed E-state index contributed by atoms with van der Waals surface area (Å²) < 4.78 is 29.3. The molecule has 0 amide bonds. The molecule has 1 heterocycles. The third-order valence-corrected chi connectivity index (χ3v) is 15.8. The van der Waals surface area contributed by atoms with E-state index in [4.69, 9.17) is 9.47 Å². The van der Waals surface area contributed by atoms with Crippen molar-refractivity contribution in [3.05, 3.63) is 23.8 Å². The first kappa shape index (κ1) is 46.8. The zero-order valence-corrected chi connectivity index (χ0v) is 36.4. The van der Waals surface area contributed by atoms with Gasteiger partial charge < -0.3 is 40.1 Å². The summed E-state index contributed by atoms with van der Waals surface area (Å²) in [5.74, 6) is -4.96. The number of fused-ring (bicyclic) bond motifs is 5. The molecule has 0 bridgehead atoms. The minimum atomic E-state index is -1.98. The highest BCUT2D eigenvalue weighted by atomic mass is 19.1. The number of allylic oxidation sites excluding steroid dienone is 4. The Labute approximate surface area is 344 Å². The molecule has 13 heteroatoms. The summed E-state index contributed by atoms with van der Waals surface area (Å²) in [4.78, 5) is 41.5. The van der Waals surface area contributed by atoms with E-state index in [9.17, 15) is 45.0 Å². The topological polar surface area (TPSA) is 194 Å². The van der Waals surface area contributed by atoms with Gasteiger partial charge in [0.2, 0.25) is 0 Å². The first-order valence-corrected chi connectivity index (χ1v) is 21.7. The molecule has 4 aliphatic carbocycles. The number of hydrogen-bond donors (Lipinski definition) is 6. The molecule has 1 aliphatic heterocycles. The summed E-state index contributed by atoms with van der Waals surface area (Å²) in [5, 5.41) is 68.9. The molecule has 5 aliphatic rings. The lowest BCUT2D eigenvalue weighted by molar-refractivity contribution is -0.195. The van der Waals surface area contributed by atoms with Crippen molar-refractivity contribution in [1.82, 2.24) is 4.90 Å². The third-order valence-electron chi connectivity index (χ3n) is 15.8. The number of carbonyl (C=O) groups is 3. The Morgan fingerprint density at radius 1 is 0.983 bits per heavy atom. The average molecular weight is 822 g/mol. The van der Waals surface area contributed by atoms with Crippen molar-refractivity contribution < 1.29 is 58.9 Å². The number of aliphatic hydroxyl groups is 6. The summed E-state index contributed by atoms with van der Waals surface area (Å²) in [6, 6.07) is -0.703. The smallest absolute Gasteiger partial charge is 0.311 e. The lowest BCUT2D eigenvalue weighted by Gasteiger charge is -2.61. The van der Waals surface area contributed by atoms with Gasteiger partial charge in [0, 0.05) is 42.8 Å². The first-order valence-electron chi connectivity index (χ1n) is 21.7. The van der Waals surface area contributed by atoms with Gasteiger partial charge in [0.05, 0.1) is 42.4 Å². The number of carbonyl (C=O) groups excluding carboxylic acids is 3. The second-order valence-electron chi connectivity index (χ2n) is 20.1. The SMILES string of the molecule is CC[C@H]1OC(=O)[C@H](C)[C@@H](O)[C@H](C)[C@@H](O)[C@](C)(O)C[C@@H](C)CN(CCCOC(=O)[C@H]2[C@H](C)CC3C4CC=C5CC(=O)C=C[C@]5(C)[C@@]4(F)[C@@H](O)C[C@@]32C)[C@H](C)[C@@H](O)[C@]1(C)O. The zero-order chi connectivity index (χ0) is 43.5. The number of alkyl halides is 1. The van der Waals surface area contributed by atoms with Gasteiger partial charge in [0.25, 0.3) is 0 Å². The molecule has 18 atom stereocenters. The fourth-order valence-electron chi connectivity index (χ4n) is 12.4. The van der Waals surface area contributed by atoms with Crippen LogP contribution in [0.2, 0.25) is 0 Å². The predicted molar refractivity (Wildman–Crippen MR) is 215 cm³/mol. The van der Waals surface area contributed by atoms with E-state index in [0.717, 1.165) is 0 Å². The van der Waals surface area contributed by atoms with Gasteiger partial charge in [-0.3, -0.25) is 19.3 Å². The maximum atomic E-state index is 17.6. The second-order valence-corrected chi connectivity index (χ2v) is 20.1. The van der Waals surface area contributed by atoms with Crippen molar-refractivity contribution in [1.29, 1.82) is 0 Å². The molecule has 12 nitrogen and oxygen atoms in total. The number of cyclic esters (lactones) is 1. The minimum Gasteiger partial charge on any atom is -0.465 e. The van der Waals surface area contributed by atoms with Crippen molar-refractivity contribution in [2.75, 3.05) is 19.7 Å². The van der Waals surface area contributed by atoms with Gasteiger partial charge in [-0.05, 0) is 102 Å². The molecule has 58 heavy (non-hydrogen) atoms. The lowest BCUT2D eigenvalue weighted by atomic mass is 9.46. The highest BCUT2D eigenvalue weighted by molar-refractivity contribution is 5.93. The summed E-state index contributed by atoms with van der Waals surface area (Å²) in [5.41, 5.74) is -6.65. The molecule has 3 fully saturated rings. The van der Waals surface area contributed by atoms with Gasteiger partial charge in [-0.25, -0.2) is 4.39 Å². The molecule has 0 aromatic heterocycles. The molecule has 0 aromatic rings. The first-order chi connectivity index (χ1) is 26.8. The predicted octanol–water partition coefficient (Wildman–Crippen LogP) is 4.06. The number of rotatable bonds is 6. The number of hydrogen-bond acceptors (Lipinski definition) is 12. The molecule has 0 radical (unpaired) electrons. The van der Waals surface area contributed by atoms with Crippen molar-refractivity contribution >= 4 is 17.7 Å². The van der Waals surface area contributed by atoms with E-state index in [-0.39, 0.29) is 55.8 Å². The van der Waals surface area contributed by atoms with Crippen LogP contribution in [0.5, 0.6) is 0 Å². The molecule has 6 N–H and O–H groups in total. The number of ether oxygens (including phenoxy) is 2. The summed E-state index contributed by atoms with van der Waals surface area (Å²) in [7, 11) is 0. The van der Waals surface area contributed by atoms with Crippen LogP contribution in [0.4, 0.5) is 4.39 Å². The quantitative estimate of drug-likeness (QED) is 0.128. The van der Waals surface area contributed by atoms with Gasteiger partial charge in [-0.15, -0.1) is 0 Å². The minimum absolute atomic E-state index is 0.0355. The van der Waals surface area contributed by atoms with Crippen LogP contribution in [0.3, 0.4) is 0 Å². The van der Waals surface area contributed by atoms with E-state index in [0.29, 0.717) is 37.9 Å². The molecule has 1 saturated heterocycles. The zero-order valence-electron chi connectivity index (χ0n) is 36.4. The van der Waals surface area contributed by atoms with Crippen molar-refractivity contribution in [2.24, 2.45) is 52.3 Å². The van der Waals surface area contributed by atoms with Crippen LogP contribution in [0.25, 0.3) is 0 Å². The van der Waals surface area contributed by atoms with Crippen LogP contribution in [0, 0.1) is 52.3 Å². The number of ketones is 1. The van der Waals surface area contributed by atoms with Crippen LogP contribution < -0.4 is 0 Å². The van der Waals surface area contributed by atoms with Crippen LogP contribution >= 0.6 is 0 Å². The number of aliphatic hydroxyl groups excluding tert-OH is 4. The van der Waals surface area contributed by atoms with E-state index in [1.54, 1.807) is 33.8 Å². The van der Waals surface area contributed by atoms with Gasteiger partial charge >= 0.3 is 11.9 Å². The van der Waals surface area contributed by atoms with Gasteiger partial charge in [0.15, 0.2) is 11.5 Å². The van der Waals surface area contributed by atoms with Crippen molar-refractivity contribution in [3.63, 3.8) is 0 Å². The molecule has 0 aromatic carbocycles. The largest absolute Gasteiger partial charge is 0.465 e. The molecule has 330 valence electrons. The highest BCUT2D eigenvalue weighted by Gasteiger charge is 2.71. The molecule has 2 unspecified atom stereocenters. The Morgan fingerprint density at radius 3 is 2.28 bits per heavy atom. The number of esters is 2. The van der Waals surface area contributed by atoms with Crippen molar-refractivity contribution in [3.8, 4) is 0 Å². The van der Waals surface area contributed by atoms with Crippen LogP contribution in [0.15, 0.2) is 23.8 Å². The van der Waals surface area contributed by atoms with Crippen molar-refractivity contribution in [2.45, 2.75) is 168 Å².